The molecule has 0 aliphatic heterocycles. The van der Waals surface area contributed by atoms with Crippen molar-refractivity contribution < 1.29 is 5.11 Å². The van der Waals surface area contributed by atoms with Crippen molar-refractivity contribution in [2.24, 2.45) is 0 Å². The van der Waals surface area contributed by atoms with E-state index in [0.29, 0.717) is 6.42 Å². The number of thiophene rings is 1. The van der Waals surface area contributed by atoms with Gasteiger partial charge in [-0.05, 0) is 31.2 Å². The predicted octanol–water partition coefficient (Wildman–Crippen LogP) is 3.94. The molecular weight excluding hydrogens is 262 g/mol. The van der Waals surface area contributed by atoms with Gasteiger partial charge in [-0.25, -0.2) is 4.98 Å². The molecule has 0 radical (unpaired) electrons. The first kappa shape index (κ1) is 11.8. The lowest BCUT2D eigenvalue weighted by molar-refractivity contribution is 0.182. The molecule has 18 heavy (non-hydrogen) atoms. The van der Waals surface area contributed by atoms with Crippen LogP contribution in [0.5, 0.6) is 0 Å². The summed E-state index contributed by atoms with van der Waals surface area (Å²) in [5, 5.41) is 11.2. The number of rotatable bonds is 3. The Hall–Kier alpha value is -1.23. The summed E-state index contributed by atoms with van der Waals surface area (Å²) in [7, 11) is 0. The molecule has 0 aliphatic rings. The van der Waals surface area contributed by atoms with Gasteiger partial charge in [-0.1, -0.05) is 12.1 Å². The standard InChI is InChI=1S/C14H13NOS2/c1-9-6-7-13(17-9)11(16)8-14-15-10-4-2-3-5-12(10)18-14/h2-7,11,16H,8H2,1H3. The van der Waals surface area contributed by atoms with Crippen LogP contribution in [-0.4, -0.2) is 10.1 Å². The van der Waals surface area contributed by atoms with E-state index in [-0.39, 0.29) is 0 Å². The molecule has 0 amide bonds. The number of hydrogen-bond acceptors (Lipinski definition) is 4. The zero-order chi connectivity index (χ0) is 12.5. The number of aromatic nitrogens is 1. The number of hydrogen-bond donors (Lipinski definition) is 1. The monoisotopic (exact) mass is 275 g/mol. The zero-order valence-corrected chi connectivity index (χ0v) is 11.6. The quantitative estimate of drug-likeness (QED) is 0.785. The third-order valence-corrected chi connectivity index (χ3v) is 4.96. The van der Waals surface area contributed by atoms with E-state index in [1.807, 2.05) is 30.3 Å². The van der Waals surface area contributed by atoms with Gasteiger partial charge in [-0.15, -0.1) is 22.7 Å². The van der Waals surface area contributed by atoms with Crippen molar-refractivity contribution in [3.05, 3.63) is 51.2 Å². The summed E-state index contributed by atoms with van der Waals surface area (Å²) in [6.07, 6.45) is 0.156. The molecule has 2 nitrogen and oxygen atoms in total. The topological polar surface area (TPSA) is 33.1 Å². The lowest BCUT2D eigenvalue weighted by Gasteiger charge is -2.05. The van der Waals surface area contributed by atoms with E-state index in [0.717, 1.165) is 15.4 Å². The van der Waals surface area contributed by atoms with Gasteiger partial charge in [0.05, 0.1) is 21.3 Å². The molecule has 1 atom stereocenters. The second-order valence-electron chi connectivity index (χ2n) is 4.24. The normalized spacial score (nSPS) is 13.0. The Morgan fingerprint density at radius 3 is 2.72 bits per heavy atom. The summed E-state index contributed by atoms with van der Waals surface area (Å²) < 4.78 is 1.18. The van der Waals surface area contributed by atoms with Gasteiger partial charge in [0.15, 0.2) is 0 Å². The Kier molecular flexibility index (Phi) is 3.16. The van der Waals surface area contributed by atoms with Crippen LogP contribution >= 0.6 is 22.7 Å². The molecule has 0 saturated heterocycles. The number of thiazole rings is 1. The molecular formula is C14H13NOS2. The zero-order valence-electron chi connectivity index (χ0n) is 9.96. The van der Waals surface area contributed by atoms with Crippen molar-refractivity contribution in [2.45, 2.75) is 19.4 Å². The van der Waals surface area contributed by atoms with E-state index in [1.165, 1.54) is 9.58 Å². The largest absolute Gasteiger partial charge is 0.387 e. The molecule has 92 valence electrons. The summed E-state index contributed by atoms with van der Waals surface area (Å²) in [6, 6.07) is 12.1. The van der Waals surface area contributed by atoms with Gasteiger partial charge in [-0.2, -0.15) is 0 Å². The molecule has 3 rings (SSSR count). The van der Waals surface area contributed by atoms with Gasteiger partial charge in [0.25, 0.3) is 0 Å². The summed E-state index contributed by atoms with van der Waals surface area (Å²) in [4.78, 5) is 6.80. The van der Waals surface area contributed by atoms with Crippen molar-refractivity contribution in [2.75, 3.05) is 0 Å². The maximum Gasteiger partial charge on any atom is 0.0968 e. The fourth-order valence-corrected chi connectivity index (χ4v) is 3.77. The van der Waals surface area contributed by atoms with Gasteiger partial charge in [0.2, 0.25) is 0 Å². The summed E-state index contributed by atoms with van der Waals surface area (Å²) in [5.41, 5.74) is 1.02. The van der Waals surface area contributed by atoms with Crippen molar-refractivity contribution in [1.82, 2.24) is 4.98 Å². The van der Waals surface area contributed by atoms with E-state index in [2.05, 4.69) is 18.0 Å². The van der Waals surface area contributed by atoms with Crippen molar-refractivity contribution in [3.8, 4) is 0 Å². The van der Waals surface area contributed by atoms with E-state index < -0.39 is 6.10 Å². The van der Waals surface area contributed by atoms with Crippen LogP contribution in [-0.2, 0) is 6.42 Å². The number of aliphatic hydroxyl groups excluding tert-OH is 1. The average molecular weight is 275 g/mol. The highest BCUT2D eigenvalue weighted by atomic mass is 32.1. The van der Waals surface area contributed by atoms with Crippen LogP contribution in [0.25, 0.3) is 10.2 Å². The molecule has 0 saturated carbocycles. The highest BCUT2D eigenvalue weighted by molar-refractivity contribution is 7.18. The first-order valence-corrected chi connectivity index (χ1v) is 7.44. The number of aryl methyl sites for hydroxylation is 1. The van der Waals surface area contributed by atoms with Gasteiger partial charge >= 0.3 is 0 Å². The fraction of sp³-hybridized carbons (Fsp3) is 0.214. The summed E-state index contributed by atoms with van der Waals surface area (Å²) >= 11 is 3.31. The van der Waals surface area contributed by atoms with Crippen LogP contribution in [0.4, 0.5) is 0 Å². The third-order valence-electron chi connectivity index (χ3n) is 2.80. The molecule has 0 spiro atoms. The minimum atomic E-state index is -0.440. The molecule has 1 aromatic carbocycles. The highest BCUT2D eigenvalue weighted by Crippen LogP contribution is 2.29. The number of aliphatic hydroxyl groups is 1. The molecule has 1 unspecified atom stereocenters. The smallest absolute Gasteiger partial charge is 0.0968 e. The van der Waals surface area contributed by atoms with Crippen molar-refractivity contribution >= 4 is 32.9 Å². The first-order chi connectivity index (χ1) is 8.72. The minimum absolute atomic E-state index is 0.440. The van der Waals surface area contributed by atoms with Gasteiger partial charge in [0.1, 0.15) is 0 Å². The Morgan fingerprint density at radius 1 is 1.17 bits per heavy atom. The molecule has 0 aliphatic carbocycles. The molecule has 2 aromatic heterocycles. The Bertz CT molecular complexity index is 638. The van der Waals surface area contributed by atoms with Gasteiger partial charge in [0, 0.05) is 16.2 Å². The minimum Gasteiger partial charge on any atom is -0.387 e. The SMILES string of the molecule is Cc1ccc(C(O)Cc2nc3ccccc3s2)s1. The maximum atomic E-state index is 10.2. The fourth-order valence-electron chi connectivity index (χ4n) is 1.91. The summed E-state index contributed by atoms with van der Waals surface area (Å²) in [5.74, 6) is 0. The third kappa shape index (κ3) is 2.32. The van der Waals surface area contributed by atoms with Crippen molar-refractivity contribution in [1.29, 1.82) is 0 Å². The first-order valence-electron chi connectivity index (χ1n) is 5.81. The van der Waals surface area contributed by atoms with Crippen LogP contribution in [0, 0.1) is 6.92 Å². The van der Waals surface area contributed by atoms with Crippen molar-refractivity contribution in [3.63, 3.8) is 0 Å². The Labute approximate surface area is 114 Å². The molecule has 0 bridgehead atoms. The van der Waals surface area contributed by atoms with Crippen LogP contribution in [0.2, 0.25) is 0 Å². The van der Waals surface area contributed by atoms with E-state index in [4.69, 9.17) is 0 Å². The second-order valence-corrected chi connectivity index (χ2v) is 6.68. The molecule has 0 fully saturated rings. The van der Waals surface area contributed by atoms with Crippen LogP contribution in [0.15, 0.2) is 36.4 Å². The highest BCUT2D eigenvalue weighted by Gasteiger charge is 2.13. The average Bonchev–Trinajstić information content (AvgIpc) is 2.94. The van der Waals surface area contributed by atoms with Gasteiger partial charge < -0.3 is 5.11 Å². The van der Waals surface area contributed by atoms with E-state index in [9.17, 15) is 5.11 Å². The number of nitrogens with zero attached hydrogens (tertiary/aromatic N) is 1. The molecule has 3 aromatic rings. The predicted molar refractivity (Wildman–Crippen MR) is 77.3 cm³/mol. The van der Waals surface area contributed by atoms with Gasteiger partial charge in [-0.3, -0.25) is 0 Å². The number of benzene rings is 1. The van der Waals surface area contributed by atoms with Crippen LogP contribution < -0.4 is 0 Å². The maximum absolute atomic E-state index is 10.2. The lowest BCUT2D eigenvalue weighted by Crippen LogP contribution is -1.98. The number of para-hydroxylation sites is 1. The number of fused-ring (bicyclic) bond motifs is 1. The molecule has 1 N–H and O–H groups in total. The van der Waals surface area contributed by atoms with Crippen LogP contribution in [0.1, 0.15) is 20.9 Å². The van der Waals surface area contributed by atoms with Crippen LogP contribution in [0.3, 0.4) is 0 Å². The second kappa shape index (κ2) is 4.80. The Morgan fingerprint density at radius 2 is 2.00 bits per heavy atom. The van der Waals surface area contributed by atoms with E-state index >= 15 is 0 Å². The lowest BCUT2D eigenvalue weighted by atomic mass is 10.2. The van der Waals surface area contributed by atoms with E-state index in [1.54, 1.807) is 22.7 Å². The molecule has 2 heterocycles. The molecule has 4 heteroatoms. The summed E-state index contributed by atoms with van der Waals surface area (Å²) in [6.45, 7) is 2.05. The Balaban J connectivity index is 1.83.